The number of rotatable bonds is 4. The Morgan fingerprint density at radius 3 is 2.75 bits per heavy atom. The Kier molecular flexibility index (Phi) is 4.79. The van der Waals surface area contributed by atoms with Gasteiger partial charge in [0, 0.05) is 20.1 Å². The Labute approximate surface area is 95.9 Å². The molecule has 0 heterocycles. The molecule has 0 radical (unpaired) electrons. The summed E-state index contributed by atoms with van der Waals surface area (Å²) in [5.41, 5.74) is 1.85. The van der Waals surface area contributed by atoms with Crippen LogP contribution in [-0.2, 0) is 13.2 Å². The van der Waals surface area contributed by atoms with Gasteiger partial charge in [0.25, 0.3) is 0 Å². The van der Waals surface area contributed by atoms with Crippen LogP contribution in [0.5, 0.6) is 0 Å². The van der Waals surface area contributed by atoms with Gasteiger partial charge < -0.3 is 15.3 Å². The van der Waals surface area contributed by atoms with Crippen molar-refractivity contribution in [2.75, 3.05) is 13.6 Å². The number of benzene rings is 1. The second kappa shape index (κ2) is 6.12. The van der Waals surface area contributed by atoms with Gasteiger partial charge in [-0.1, -0.05) is 24.3 Å². The molecule has 0 saturated carbocycles. The molecule has 0 aliphatic carbocycles. The van der Waals surface area contributed by atoms with Crippen LogP contribution in [-0.4, -0.2) is 29.6 Å². The average Bonchev–Trinajstić information content (AvgIpc) is 2.35. The summed E-state index contributed by atoms with van der Waals surface area (Å²) < 4.78 is 0. The second-order valence-electron chi connectivity index (χ2n) is 3.65. The van der Waals surface area contributed by atoms with Gasteiger partial charge in [-0.3, -0.25) is 0 Å². The highest BCUT2D eigenvalue weighted by molar-refractivity contribution is 5.73. The minimum atomic E-state index is -0.0862. The van der Waals surface area contributed by atoms with Gasteiger partial charge in [-0.15, -0.1) is 0 Å². The number of amides is 2. The molecule has 0 saturated heterocycles. The normalized spacial score (nSPS) is 9.94. The molecule has 2 amide bonds. The van der Waals surface area contributed by atoms with Crippen molar-refractivity contribution in [2.45, 2.75) is 20.1 Å². The van der Waals surface area contributed by atoms with E-state index >= 15 is 0 Å². The quantitative estimate of drug-likeness (QED) is 0.807. The van der Waals surface area contributed by atoms with Crippen molar-refractivity contribution in [3.63, 3.8) is 0 Å². The zero-order valence-electron chi connectivity index (χ0n) is 9.73. The predicted molar refractivity (Wildman–Crippen MR) is 62.9 cm³/mol. The van der Waals surface area contributed by atoms with E-state index in [4.69, 9.17) is 5.11 Å². The molecule has 0 spiro atoms. The second-order valence-corrected chi connectivity index (χ2v) is 3.65. The van der Waals surface area contributed by atoms with Crippen molar-refractivity contribution in [1.82, 2.24) is 10.2 Å². The maximum Gasteiger partial charge on any atom is 0.317 e. The van der Waals surface area contributed by atoms with Crippen LogP contribution in [0.4, 0.5) is 4.79 Å². The van der Waals surface area contributed by atoms with Gasteiger partial charge in [0.15, 0.2) is 0 Å². The number of nitrogens with one attached hydrogen (secondary N) is 1. The minimum Gasteiger partial charge on any atom is -0.392 e. The summed E-state index contributed by atoms with van der Waals surface area (Å²) in [6, 6.07) is 7.44. The molecule has 2 N–H and O–H groups in total. The molecule has 16 heavy (non-hydrogen) atoms. The molecule has 0 unspecified atom stereocenters. The SMILES string of the molecule is CCN(C)C(=O)NCc1cccc(CO)c1. The first-order valence-corrected chi connectivity index (χ1v) is 5.35. The summed E-state index contributed by atoms with van der Waals surface area (Å²) in [7, 11) is 1.75. The lowest BCUT2D eigenvalue weighted by molar-refractivity contribution is 0.210. The van der Waals surface area contributed by atoms with Crippen LogP contribution in [0.3, 0.4) is 0 Å². The number of hydrogen-bond donors (Lipinski definition) is 2. The highest BCUT2D eigenvalue weighted by atomic mass is 16.3. The number of aliphatic hydroxyl groups is 1. The number of urea groups is 1. The van der Waals surface area contributed by atoms with Gasteiger partial charge >= 0.3 is 6.03 Å². The number of hydrogen-bond acceptors (Lipinski definition) is 2. The average molecular weight is 222 g/mol. The smallest absolute Gasteiger partial charge is 0.317 e. The zero-order valence-corrected chi connectivity index (χ0v) is 9.73. The summed E-state index contributed by atoms with van der Waals surface area (Å²) in [6.07, 6.45) is 0. The molecule has 1 rings (SSSR count). The molecule has 1 aromatic carbocycles. The largest absolute Gasteiger partial charge is 0.392 e. The van der Waals surface area contributed by atoms with E-state index in [-0.39, 0.29) is 12.6 Å². The lowest BCUT2D eigenvalue weighted by atomic mass is 10.1. The molecule has 0 atom stereocenters. The van der Waals surface area contributed by atoms with Crippen molar-refractivity contribution < 1.29 is 9.90 Å². The maximum absolute atomic E-state index is 11.5. The van der Waals surface area contributed by atoms with Crippen LogP contribution in [0.15, 0.2) is 24.3 Å². The summed E-state index contributed by atoms with van der Waals surface area (Å²) >= 11 is 0. The van der Waals surface area contributed by atoms with E-state index < -0.39 is 0 Å². The van der Waals surface area contributed by atoms with Gasteiger partial charge in [0.05, 0.1) is 6.61 Å². The van der Waals surface area contributed by atoms with Crippen molar-refractivity contribution in [2.24, 2.45) is 0 Å². The lowest BCUT2D eigenvalue weighted by Gasteiger charge is -2.15. The molecule has 1 aromatic rings. The highest BCUT2D eigenvalue weighted by Crippen LogP contribution is 2.04. The fourth-order valence-electron chi connectivity index (χ4n) is 1.29. The summed E-state index contributed by atoms with van der Waals surface area (Å²) in [6.45, 7) is 3.11. The van der Waals surface area contributed by atoms with Gasteiger partial charge in [0.1, 0.15) is 0 Å². The van der Waals surface area contributed by atoms with Crippen molar-refractivity contribution in [3.05, 3.63) is 35.4 Å². The molecular weight excluding hydrogens is 204 g/mol. The Balaban J connectivity index is 2.51. The first kappa shape index (κ1) is 12.5. The zero-order chi connectivity index (χ0) is 12.0. The standard InChI is InChI=1S/C12H18N2O2/c1-3-14(2)12(16)13-8-10-5-4-6-11(7-10)9-15/h4-7,15H,3,8-9H2,1-2H3,(H,13,16). The monoisotopic (exact) mass is 222 g/mol. The van der Waals surface area contributed by atoms with E-state index in [0.717, 1.165) is 11.1 Å². The number of aliphatic hydroxyl groups excluding tert-OH is 1. The fraction of sp³-hybridized carbons (Fsp3) is 0.417. The van der Waals surface area contributed by atoms with Crippen LogP contribution in [0.25, 0.3) is 0 Å². The number of nitrogens with zero attached hydrogens (tertiary/aromatic N) is 1. The number of carbonyl (C=O) groups is 1. The lowest BCUT2D eigenvalue weighted by Crippen LogP contribution is -2.36. The molecule has 4 nitrogen and oxygen atoms in total. The molecule has 0 fully saturated rings. The summed E-state index contributed by atoms with van der Waals surface area (Å²) in [5, 5.41) is 11.8. The summed E-state index contributed by atoms with van der Waals surface area (Å²) in [4.78, 5) is 13.1. The third kappa shape index (κ3) is 3.55. The van der Waals surface area contributed by atoms with E-state index in [1.165, 1.54) is 0 Å². The highest BCUT2D eigenvalue weighted by Gasteiger charge is 2.04. The Morgan fingerprint density at radius 2 is 2.12 bits per heavy atom. The van der Waals surface area contributed by atoms with Gasteiger partial charge in [-0.2, -0.15) is 0 Å². The Hall–Kier alpha value is -1.55. The maximum atomic E-state index is 11.5. The first-order valence-electron chi connectivity index (χ1n) is 5.35. The fourth-order valence-corrected chi connectivity index (χ4v) is 1.29. The topological polar surface area (TPSA) is 52.6 Å². The third-order valence-electron chi connectivity index (χ3n) is 2.44. The Bertz CT molecular complexity index is 353. The molecule has 0 bridgehead atoms. The van der Waals surface area contributed by atoms with Crippen molar-refractivity contribution >= 4 is 6.03 Å². The van der Waals surface area contributed by atoms with Crippen molar-refractivity contribution in [3.8, 4) is 0 Å². The minimum absolute atomic E-state index is 0.0245. The van der Waals surface area contributed by atoms with E-state index in [9.17, 15) is 4.79 Å². The van der Waals surface area contributed by atoms with Gasteiger partial charge in [0.2, 0.25) is 0 Å². The van der Waals surface area contributed by atoms with Crippen LogP contribution >= 0.6 is 0 Å². The van der Waals surface area contributed by atoms with E-state index in [1.54, 1.807) is 11.9 Å². The van der Waals surface area contributed by atoms with E-state index in [0.29, 0.717) is 13.1 Å². The molecule has 4 heteroatoms. The van der Waals surface area contributed by atoms with Gasteiger partial charge in [-0.05, 0) is 18.1 Å². The van der Waals surface area contributed by atoms with Crippen LogP contribution in [0, 0.1) is 0 Å². The molecular formula is C12H18N2O2. The third-order valence-corrected chi connectivity index (χ3v) is 2.44. The molecule has 88 valence electrons. The van der Waals surface area contributed by atoms with Crippen LogP contribution in [0.2, 0.25) is 0 Å². The Morgan fingerprint density at radius 1 is 1.44 bits per heavy atom. The molecule has 0 aliphatic heterocycles. The van der Waals surface area contributed by atoms with Crippen molar-refractivity contribution in [1.29, 1.82) is 0 Å². The molecule has 0 aromatic heterocycles. The number of carbonyl (C=O) groups excluding carboxylic acids is 1. The summed E-state index contributed by atoms with van der Waals surface area (Å²) in [5.74, 6) is 0. The first-order chi connectivity index (χ1) is 7.67. The molecule has 0 aliphatic rings. The van der Waals surface area contributed by atoms with Gasteiger partial charge in [-0.25, -0.2) is 4.79 Å². The van der Waals surface area contributed by atoms with Crippen LogP contribution < -0.4 is 5.32 Å². The predicted octanol–water partition coefficient (Wildman–Crippen LogP) is 1.34. The van der Waals surface area contributed by atoms with E-state index in [1.807, 2.05) is 31.2 Å². The van der Waals surface area contributed by atoms with E-state index in [2.05, 4.69) is 5.32 Å². The van der Waals surface area contributed by atoms with Crippen LogP contribution in [0.1, 0.15) is 18.1 Å².